The van der Waals surface area contributed by atoms with Crippen molar-refractivity contribution in [3.05, 3.63) is 40.2 Å². The summed E-state index contributed by atoms with van der Waals surface area (Å²) in [6, 6.07) is 5.44. The van der Waals surface area contributed by atoms with Crippen molar-refractivity contribution >= 4 is 38.6 Å². The highest BCUT2D eigenvalue weighted by Gasteiger charge is 2.14. The fraction of sp³-hybridized carbons (Fsp3) is 0. The number of para-hydroxylation sites is 1. The largest absolute Gasteiger partial charge is 0.493 e. The third-order valence-electron chi connectivity index (χ3n) is 2.49. The molecule has 0 amide bonds. The van der Waals surface area contributed by atoms with E-state index >= 15 is 0 Å². The Morgan fingerprint density at radius 3 is 2.89 bits per heavy atom. The molecule has 0 saturated heterocycles. The summed E-state index contributed by atoms with van der Waals surface area (Å²) >= 11 is 9.59. The molecule has 0 radical (unpaired) electrons. The summed E-state index contributed by atoms with van der Waals surface area (Å²) in [5.41, 5.74) is 1.17. The van der Waals surface area contributed by atoms with Crippen LogP contribution in [0.25, 0.3) is 16.7 Å². The molecule has 3 aromatic rings. The van der Waals surface area contributed by atoms with E-state index in [9.17, 15) is 5.11 Å². The van der Waals surface area contributed by atoms with Gasteiger partial charge in [-0.15, -0.1) is 0 Å². The van der Waals surface area contributed by atoms with Crippen molar-refractivity contribution in [3.63, 3.8) is 0 Å². The van der Waals surface area contributed by atoms with E-state index in [2.05, 4.69) is 31.0 Å². The van der Waals surface area contributed by atoms with Gasteiger partial charge in [-0.05, 0) is 28.1 Å². The van der Waals surface area contributed by atoms with Crippen molar-refractivity contribution < 1.29 is 5.11 Å². The maximum absolute atomic E-state index is 9.62. The van der Waals surface area contributed by atoms with Gasteiger partial charge >= 0.3 is 0 Å². The number of aromatic hydroxyl groups is 1. The van der Waals surface area contributed by atoms with E-state index in [0.29, 0.717) is 21.7 Å². The zero-order valence-electron chi connectivity index (χ0n) is 8.88. The van der Waals surface area contributed by atoms with Gasteiger partial charge in [0.25, 0.3) is 0 Å². The van der Waals surface area contributed by atoms with Crippen molar-refractivity contribution in [1.82, 2.24) is 19.7 Å². The molecular formula is C11H6BrClN4O. The highest BCUT2D eigenvalue weighted by molar-refractivity contribution is 9.10. The van der Waals surface area contributed by atoms with Crippen LogP contribution in [0.2, 0.25) is 5.02 Å². The number of rotatable bonds is 1. The van der Waals surface area contributed by atoms with Crippen LogP contribution < -0.4 is 0 Å². The number of fused-ring (bicyclic) bond motifs is 1. The van der Waals surface area contributed by atoms with Crippen LogP contribution >= 0.6 is 27.5 Å². The molecule has 18 heavy (non-hydrogen) atoms. The molecule has 1 aromatic carbocycles. The summed E-state index contributed by atoms with van der Waals surface area (Å²) in [4.78, 5) is 7.82. The van der Waals surface area contributed by atoms with Crippen molar-refractivity contribution in [3.8, 4) is 11.6 Å². The number of halogens is 2. The van der Waals surface area contributed by atoms with Gasteiger partial charge in [0.1, 0.15) is 11.7 Å². The Hall–Kier alpha value is -1.66. The zero-order valence-corrected chi connectivity index (χ0v) is 11.2. The van der Waals surface area contributed by atoms with Gasteiger partial charge in [-0.1, -0.05) is 17.7 Å². The molecule has 5 nitrogen and oxygen atoms in total. The number of benzene rings is 1. The fourth-order valence-electron chi connectivity index (χ4n) is 1.69. The van der Waals surface area contributed by atoms with Crippen LogP contribution in [0.1, 0.15) is 0 Å². The Labute approximate surface area is 115 Å². The lowest BCUT2D eigenvalue weighted by molar-refractivity contribution is 0.459. The minimum Gasteiger partial charge on any atom is -0.493 e. The maximum Gasteiger partial charge on any atom is 0.225 e. The highest BCUT2D eigenvalue weighted by atomic mass is 79.9. The molecule has 0 atom stereocenters. The third kappa shape index (κ3) is 1.65. The molecule has 0 aliphatic carbocycles. The zero-order chi connectivity index (χ0) is 12.7. The van der Waals surface area contributed by atoms with Gasteiger partial charge in [-0.3, -0.25) is 0 Å². The Kier molecular flexibility index (Phi) is 2.68. The van der Waals surface area contributed by atoms with Crippen molar-refractivity contribution in [2.24, 2.45) is 0 Å². The highest BCUT2D eigenvalue weighted by Crippen LogP contribution is 2.31. The van der Waals surface area contributed by atoms with Crippen LogP contribution in [0.3, 0.4) is 0 Å². The molecule has 7 heteroatoms. The standard InChI is InChI=1S/C11H6BrClN4O/c12-7-2-1-3-8(13)9(7)17-10-6(4-16-17)11(18)15-5-14-10/h1-5H,(H,14,15,18). The van der Waals surface area contributed by atoms with Crippen LogP contribution in [0.4, 0.5) is 0 Å². The monoisotopic (exact) mass is 324 g/mol. The van der Waals surface area contributed by atoms with Gasteiger partial charge < -0.3 is 5.11 Å². The molecule has 2 heterocycles. The summed E-state index contributed by atoms with van der Waals surface area (Å²) in [5.74, 6) is -0.102. The molecule has 0 fully saturated rings. The Balaban J connectivity index is 2.36. The first kappa shape index (κ1) is 11.4. The molecule has 90 valence electrons. The molecule has 0 aliphatic heterocycles. The average Bonchev–Trinajstić information content (AvgIpc) is 2.75. The number of hydrogen-bond donors (Lipinski definition) is 1. The second-order valence-electron chi connectivity index (χ2n) is 3.56. The van der Waals surface area contributed by atoms with Crippen LogP contribution in [0.5, 0.6) is 5.88 Å². The van der Waals surface area contributed by atoms with Crippen LogP contribution in [-0.4, -0.2) is 24.9 Å². The summed E-state index contributed by atoms with van der Waals surface area (Å²) in [6.07, 6.45) is 2.78. The summed E-state index contributed by atoms with van der Waals surface area (Å²) in [7, 11) is 0. The second kappa shape index (κ2) is 4.22. The molecule has 0 saturated carbocycles. The fourth-order valence-corrected chi connectivity index (χ4v) is 2.59. The molecule has 2 aromatic heterocycles. The maximum atomic E-state index is 9.62. The van der Waals surface area contributed by atoms with E-state index in [1.165, 1.54) is 12.5 Å². The first-order chi connectivity index (χ1) is 8.68. The quantitative estimate of drug-likeness (QED) is 0.747. The van der Waals surface area contributed by atoms with Crippen LogP contribution in [0.15, 0.2) is 35.2 Å². The molecule has 3 rings (SSSR count). The predicted molar refractivity (Wildman–Crippen MR) is 71.0 cm³/mol. The predicted octanol–water partition coefficient (Wildman–Crippen LogP) is 2.94. The number of hydrogen-bond acceptors (Lipinski definition) is 4. The van der Waals surface area contributed by atoms with Gasteiger partial charge in [-0.2, -0.15) is 5.10 Å². The summed E-state index contributed by atoms with van der Waals surface area (Å²) < 4.78 is 2.35. The van der Waals surface area contributed by atoms with E-state index in [1.807, 2.05) is 12.1 Å². The molecule has 0 bridgehead atoms. The lowest BCUT2D eigenvalue weighted by atomic mass is 10.3. The topological polar surface area (TPSA) is 63.8 Å². The molecular weight excluding hydrogens is 320 g/mol. The van der Waals surface area contributed by atoms with E-state index < -0.39 is 0 Å². The van der Waals surface area contributed by atoms with Crippen LogP contribution in [0, 0.1) is 0 Å². The minimum absolute atomic E-state index is 0.102. The van der Waals surface area contributed by atoms with E-state index in [4.69, 9.17) is 11.6 Å². The SMILES string of the molecule is Oc1ncnc2c1cnn2-c1c(Cl)cccc1Br. The van der Waals surface area contributed by atoms with Gasteiger partial charge in [0.15, 0.2) is 5.65 Å². The first-order valence-electron chi connectivity index (χ1n) is 5.00. The first-order valence-corrected chi connectivity index (χ1v) is 6.17. The van der Waals surface area contributed by atoms with E-state index in [1.54, 1.807) is 10.7 Å². The molecule has 0 spiro atoms. The normalized spacial score (nSPS) is 11.0. The molecule has 0 unspecified atom stereocenters. The Bertz CT molecular complexity index is 723. The number of aromatic nitrogens is 4. The van der Waals surface area contributed by atoms with E-state index in [0.717, 1.165) is 4.47 Å². The van der Waals surface area contributed by atoms with Gasteiger partial charge in [0.2, 0.25) is 5.88 Å². The van der Waals surface area contributed by atoms with E-state index in [-0.39, 0.29) is 5.88 Å². The summed E-state index contributed by atoms with van der Waals surface area (Å²) in [5, 5.41) is 14.8. The molecule has 1 N–H and O–H groups in total. The summed E-state index contributed by atoms with van der Waals surface area (Å²) in [6.45, 7) is 0. The van der Waals surface area contributed by atoms with Gasteiger partial charge in [0.05, 0.1) is 16.9 Å². The molecule has 0 aliphatic rings. The van der Waals surface area contributed by atoms with Crippen LogP contribution in [-0.2, 0) is 0 Å². The lowest BCUT2D eigenvalue weighted by Gasteiger charge is -2.07. The van der Waals surface area contributed by atoms with Crippen molar-refractivity contribution in [1.29, 1.82) is 0 Å². The second-order valence-corrected chi connectivity index (χ2v) is 4.82. The average molecular weight is 326 g/mol. The lowest BCUT2D eigenvalue weighted by Crippen LogP contribution is -1.99. The van der Waals surface area contributed by atoms with Gasteiger partial charge in [0, 0.05) is 4.47 Å². The number of nitrogens with zero attached hydrogens (tertiary/aromatic N) is 4. The third-order valence-corrected chi connectivity index (χ3v) is 3.44. The minimum atomic E-state index is -0.102. The van der Waals surface area contributed by atoms with Crippen molar-refractivity contribution in [2.75, 3.05) is 0 Å². The Morgan fingerprint density at radius 2 is 2.11 bits per heavy atom. The Morgan fingerprint density at radius 1 is 1.28 bits per heavy atom. The van der Waals surface area contributed by atoms with Crippen molar-refractivity contribution in [2.45, 2.75) is 0 Å². The smallest absolute Gasteiger partial charge is 0.225 e. The van der Waals surface area contributed by atoms with Gasteiger partial charge in [-0.25, -0.2) is 14.6 Å².